The van der Waals surface area contributed by atoms with Gasteiger partial charge in [-0.15, -0.1) is 0 Å². The Labute approximate surface area is 121 Å². The minimum absolute atomic E-state index is 0.0491. The molecule has 8 heteroatoms. The fourth-order valence-corrected chi connectivity index (χ4v) is 2.28. The van der Waals surface area contributed by atoms with Crippen molar-refractivity contribution in [3.05, 3.63) is 33.9 Å². The predicted octanol–water partition coefficient (Wildman–Crippen LogP) is 0.204. The number of carbonyl (C=O) groups excluding carboxylic acids is 1. The third-order valence-corrected chi connectivity index (χ3v) is 3.35. The highest BCUT2D eigenvalue weighted by atomic mass is 16.6. The van der Waals surface area contributed by atoms with Crippen molar-refractivity contribution in [3.8, 4) is 0 Å². The highest BCUT2D eigenvalue weighted by Gasteiger charge is 2.33. The van der Waals surface area contributed by atoms with E-state index in [2.05, 4.69) is 5.32 Å². The first-order valence-corrected chi connectivity index (χ1v) is 6.61. The van der Waals surface area contributed by atoms with Gasteiger partial charge < -0.3 is 20.4 Å². The highest BCUT2D eigenvalue weighted by Crippen LogP contribution is 2.26. The lowest BCUT2D eigenvalue weighted by atomic mass is 10.1. The maximum Gasteiger partial charge on any atom is 0.292 e. The summed E-state index contributed by atoms with van der Waals surface area (Å²) in [5.74, 6) is -0.375. The van der Waals surface area contributed by atoms with Gasteiger partial charge in [0.1, 0.15) is 5.69 Å². The highest BCUT2D eigenvalue weighted by molar-refractivity contribution is 5.96. The molecule has 8 nitrogen and oxygen atoms in total. The molecule has 1 amide bonds. The van der Waals surface area contributed by atoms with Gasteiger partial charge in [0.2, 0.25) is 0 Å². The average molecular weight is 295 g/mol. The van der Waals surface area contributed by atoms with Gasteiger partial charge in [-0.25, -0.2) is 0 Å². The van der Waals surface area contributed by atoms with E-state index in [1.54, 1.807) is 6.92 Å². The summed E-state index contributed by atoms with van der Waals surface area (Å²) in [5, 5.41) is 32.7. The Morgan fingerprint density at radius 1 is 1.43 bits per heavy atom. The molecule has 114 valence electrons. The summed E-state index contributed by atoms with van der Waals surface area (Å²) < 4.78 is 0. The van der Waals surface area contributed by atoms with E-state index in [0.717, 1.165) is 0 Å². The second kappa shape index (κ2) is 6.06. The van der Waals surface area contributed by atoms with Crippen LogP contribution in [0.2, 0.25) is 0 Å². The number of nitro benzene ring substituents is 1. The van der Waals surface area contributed by atoms with Gasteiger partial charge in [-0.1, -0.05) is 0 Å². The van der Waals surface area contributed by atoms with E-state index >= 15 is 0 Å². The monoisotopic (exact) mass is 295 g/mol. The number of nitro groups is 1. The Bertz CT molecular complexity index is 553. The fraction of sp³-hybridized carbons (Fsp3) is 0.462. The molecule has 0 aromatic heterocycles. The lowest BCUT2D eigenvalue weighted by molar-refractivity contribution is -0.384. The van der Waals surface area contributed by atoms with Gasteiger partial charge in [-0.05, 0) is 19.1 Å². The van der Waals surface area contributed by atoms with Crippen LogP contribution in [0.3, 0.4) is 0 Å². The smallest absolute Gasteiger partial charge is 0.292 e. The molecule has 1 heterocycles. The minimum Gasteiger partial charge on any atom is -0.388 e. The van der Waals surface area contributed by atoms with Crippen LogP contribution < -0.4 is 5.32 Å². The molecule has 0 spiro atoms. The van der Waals surface area contributed by atoms with Gasteiger partial charge in [0.05, 0.1) is 17.1 Å². The lowest BCUT2D eigenvalue weighted by Crippen LogP contribution is -2.29. The maximum atomic E-state index is 12.3. The zero-order valence-electron chi connectivity index (χ0n) is 11.5. The van der Waals surface area contributed by atoms with E-state index in [4.69, 9.17) is 0 Å². The van der Waals surface area contributed by atoms with Crippen molar-refractivity contribution in [3.63, 3.8) is 0 Å². The van der Waals surface area contributed by atoms with Crippen LogP contribution in [0.5, 0.6) is 0 Å². The van der Waals surface area contributed by atoms with E-state index in [0.29, 0.717) is 6.54 Å². The lowest BCUT2D eigenvalue weighted by Gasteiger charge is -2.16. The molecular weight excluding hydrogens is 278 g/mol. The van der Waals surface area contributed by atoms with Crippen LogP contribution in [0.25, 0.3) is 0 Å². The third-order valence-electron chi connectivity index (χ3n) is 3.35. The largest absolute Gasteiger partial charge is 0.388 e. The topological polar surface area (TPSA) is 116 Å². The second-order valence-electron chi connectivity index (χ2n) is 4.86. The summed E-state index contributed by atoms with van der Waals surface area (Å²) in [6.07, 6.45) is -1.92. The number of hydrogen-bond donors (Lipinski definition) is 3. The SMILES string of the molecule is CCNc1cc(C(=O)N2CC(O)C(O)C2)ccc1[N+](=O)[O-]. The Balaban J connectivity index is 2.26. The summed E-state index contributed by atoms with van der Waals surface area (Å²) >= 11 is 0. The number of amides is 1. The standard InChI is InChI=1S/C13H17N3O5/c1-2-14-9-5-8(3-4-10(9)16(20)21)13(19)15-6-11(17)12(18)7-15/h3-5,11-12,14,17-18H,2,6-7H2,1H3. The summed E-state index contributed by atoms with van der Waals surface area (Å²) in [6.45, 7) is 2.38. The third kappa shape index (κ3) is 3.11. The molecule has 1 aromatic carbocycles. The molecule has 0 aliphatic carbocycles. The fourth-order valence-electron chi connectivity index (χ4n) is 2.28. The molecule has 2 rings (SSSR count). The molecule has 1 aliphatic heterocycles. The number of carbonyl (C=O) groups is 1. The van der Waals surface area contributed by atoms with Crippen molar-refractivity contribution in [2.45, 2.75) is 19.1 Å². The van der Waals surface area contributed by atoms with Crippen molar-refractivity contribution < 1.29 is 19.9 Å². The number of benzene rings is 1. The number of aliphatic hydroxyl groups is 2. The van der Waals surface area contributed by atoms with Crippen LogP contribution >= 0.6 is 0 Å². The van der Waals surface area contributed by atoms with Crippen LogP contribution in [-0.4, -0.2) is 57.8 Å². The van der Waals surface area contributed by atoms with Crippen molar-refractivity contribution in [2.75, 3.05) is 25.0 Å². The van der Waals surface area contributed by atoms with E-state index in [9.17, 15) is 25.1 Å². The zero-order valence-corrected chi connectivity index (χ0v) is 11.5. The average Bonchev–Trinajstić information content (AvgIpc) is 2.78. The predicted molar refractivity (Wildman–Crippen MR) is 75.2 cm³/mol. The Hall–Kier alpha value is -2.19. The Morgan fingerprint density at radius 3 is 2.57 bits per heavy atom. The van der Waals surface area contributed by atoms with Crippen LogP contribution in [0.15, 0.2) is 18.2 Å². The Morgan fingerprint density at radius 2 is 2.05 bits per heavy atom. The number of nitrogens with zero attached hydrogens (tertiary/aromatic N) is 2. The number of nitrogens with one attached hydrogen (secondary N) is 1. The van der Waals surface area contributed by atoms with Crippen LogP contribution in [0.1, 0.15) is 17.3 Å². The molecule has 1 aromatic rings. The number of anilines is 1. The van der Waals surface area contributed by atoms with Gasteiger partial charge in [0.25, 0.3) is 11.6 Å². The first kappa shape index (κ1) is 15.2. The van der Waals surface area contributed by atoms with Gasteiger partial charge in [0.15, 0.2) is 0 Å². The summed E-state index contributed by atoms with van der Waals surface area (Å²) in [5.41, 5.74) is 0.446. The van der Waals surface area contributed by atoms with E-state index in [-0.39, 0.29) is 35.9 Å². The molecule has 0 saturated carbocycles. The normalized spacial score (nSPS) is 21.4. The molecule has 3 N–H and O–H groups in total. The quantitative estimate of drug-likeness (QED) is 0.540. The minimum atomic E-state index is -0.958. The van der Waals surface area contributed by atoms with Crippen molar-refractivity contribution in [1.82, 2.24) is 4.90 Å². The summed E-state index contributed by atoms with van der Waals surface area (Å²) in [4.78, 5) is 24.0. The Kier molecular flexibility index (Phi) is 4.39. The van der Waals surface area contributed by atoms with Crippen molar-refractivity contribution in [2.24, 2.45) is 0 Å². The van der Waals surface area contributed by atoms with Crippen LogP contribution in [0.4, 0.5) is 11.4 Å². The summed E-state index contributed by atoms with van der Waals surface area (Å²) in [6, 6.07) is 4.06. The number of hydrogen-bond acceptors (Lipinski definition) is 6. The number of likely N-dealkylation sites (tertiary alicyclic amines) is 1. The summed E-state index contributed by atoms with van der Waals surface area (Å²) in [7, 11) is 0. The first-order valence-electron chi connectivity index (χ1n) is 6.61. The van der Waals surface area contributed by atoms with E-state index in [1.165, 1.54) is 23.1 Å². The first-order chi connectivity index (χ1) is 9.93. The van der Waals surface area contributed by atoms with Crippen LogP contribution in [0, 0.1) is 10.1 Å². The number of β-amino-alcohol motifs (C(OH)–C–C–N with tert-alkyl or cyclic N) is 2. The van der Waals surface area contributed by atoms with Gasteiger partial charge in [-0.2, -0.15) is 0 Å². The van der Waals surface area contributed by atoms with Gasteiger partial charge >= 0.3 is 0 Å². The second-order valence-corrected chi connectivity index (χ2v) is 4.86. The molecule has 1 saturated heterocycles. The molecule has 2 atom stereocenters. The maximum absolute atomic E-state index is 12.3. The van der Waals surface area contributed by atoms with E-state index < -0.39 is 17.1 Å². The van der Waals surface area contributed by atoms with Crippen LogP contribution in [-0.2, 0) is 0 Å². The van der Waals surface area contributed by atoms with E-state index in [1.807, 2.05) is 0 Å². The molecule has 0 bridgehead atoms. The number of aliphatic hydroxyl groups excluding tert-OH is 2. The molecule has 0 radical (unpaired) electrons. The zero-order chi connectivity index (χ0) is 15.6. The van der Waals surface area contributed by atoms with Gasteiger partial charge in [0, 0.05) is 31.3 Å². The molecule has 2 unspecified atom stereocenters. The molecule has 1 aliphatic rings. The molecule has 21 heavy (non-hydrogen) atoms. The molecule has 1 fully saturated rings. The number of rotatable bonds is 4. The van der Waals surface area contributed by atoms with Crippen molar-refractivity contribution >= 4 is 17.3 Å². The molecular formula is C13H17N3O5. The van der Waals surface area contributed by atoms with Gasteiger partial charge in [-0.3, -0.25) is 14.9 Å². The van der Waals surface area contributed by atoms with Crippen molar-refractivity contribution in [1.29, 1.82) is 0 Å².